The highest BCUT2D eigenvalue weighted by Crippen LogP contribution is 2.17. The molecule has 0 radical (unpaired) electrons. The molecule has 0 N–H and O–H groups in total. The summed E-state index contributed by atoms with van der Waals surface area (Å²) in [4.78, 5) is 23.9. The Kier molecular flexibility index (Phi) is 7.30. The number of rotatable bonds is 7. The minimum absolute atomic E-state index is 0.0324. The Morgan fingerprint density at radius 2 is 1.14 bits per heavy atom. The van der Waals surface area contributed by atoms with Crippen molar-refractivity contribution in [1.82, 2.24) is 0 Å². The van der Waals surface area contributed by atoms with E-state index in [9.17, 15) is 9.59 Å². The van der Waals surface area contributed by atoms with E-state index in [1.165, 1.54) is 6.08 Å². The molecule has 0 heterocycles. The maximum Gasteiger partial charge on any atom is 0.320 e. The monoisotopic (exact) mass is 362 g/mol. The number of carbonyl (C=O) groups excluding carboxylic acids is 2. The molecule has 0 saturated heterocycles. The van der Waals surface area contributed by atoms with Crippen molar-refractivity contribution in [2.45, 2.75) is 65.3 Å². The van der Waals surface area contributed by atoms with Crippen LogP contribution in [0.4, 0.5) is 0 Å². The van der Waals surface area contributed by atoms with Crippen LogP contribution in [-0.2, 0) is 22.9 Å². The quantitative estimate of drug-likeness (QED) is 0.391. The zero-order valence-electron chi connectivity index (χ0n) is 15.3. The molecule has 0 spiro atoms. The third kappa shape index (κ3) is 12.8. The molecule has 0 aliphatic carbocycles. The summed E-state index contributed by atoms with van der Waals surface area (Å²) in [5.41, 5.74) is 0. The Morgan fingerprint density at radius 1 is 0.727 bits per heavy atom. The van der Waals surface area contributed by atoms with E-state index in [4.69, 9.17) is 13.3 Å². The minimum atomic E-state index is -1.97. The zero-order valence-corrected chi connectivity index (χ0v) is 18.3. The summed E-state index contributed by atoms with van der Waals surface area (Å²) < 4.78 is 16.6. The Labute approximate surface area is 137 Å². The second-order valence-electron chi connectivity index (χ2n) is 8.12. The lowest BCUT2D eigenvalue weighted by atomic mass is 10.3. The third-order valence-electron chi connectivity index (χ3n) is 1.86. The molecular weight excluding hydrogens is 332 g/mol. The van der Waals surface area contributed by atoms with Gasteiger partial charge < -0.3 is 13.3 Å². The predicted molar refractivity (Wildman–Crippen MR) is 96.0 cm³/mol. The Hall–Kier alpha value is -0.869. The van der Waals surface area contributed by atoms with Crippen molar-refractivity contribution < 1.29 is 22.9 Å². The van der Waals surface area contributed by atoms with Crippen molar-refractivity contribution in [1.29, 1.82) is 0 Å². The Bertz CT molecular complexity index is 439. The highest BCUT2D eigenvalue weighted by atomic mass is 28.4. The molecule has 5 nitrogen and oxygen atoms in total. The van der Waals surface area contributed by atoms with Gasteiger partial charge in [0.1, 0.15) is 6.42 Å². The van der Waals surface area contributed by atoms with E-state index in [1.54, 1.807) is 0 Å². The molecule has 8 heteroatoms. The van der Waals surface area contributed by atoms with Gasteiger partial charge in [-0.25, -0.2) is 4.79 Å². The summed E-state index contributed by atoms with van der Waals surface area (Å²) in [6.07, 6.45) is 1.26. The van der Waals surface area contributed by atoms with Crippen LogP contribution >= 0.6 is 0 Å². The minimum Gasteiger partial charge on any atom is -0.547 e. The Morgan fingerprint density at radius 3 is 1.50 bits per heavy atom. The number of hydrogen-bond donors (Lipinski definition) is 0. The van der Waals surface area contributed by atoms with Gasteiger partial charge in [0.25, 0.3) is 5.97 Å². The first-order chi connectivity index (χ1) is 9.57. The van der Waals surface area contributed by atoms with E-state index in [0.29, 0.717) is 5.76 Å². The summed E-state index contributed by atoms with van der Waals surface area (Å²) >= 11 is 0. The van der Waals surface area contributed by atoms with Crippen molar-refractivity contribution in [3.05, 3.63) is 11.8 Å². The van der Waals surface area contributed by atoms with Crippen LogP contribution in [0.2, 0.25) is 58.9 Å². The van der Waals surface area contributed by atoms with E-state index < -0.39 is 30.9 Å². The average Bonchev–Trinajstić information content (AvgIpc) is 2.05. The van der Waals surface area contributed by atoms with Crippen molar-refractivity contribution in [3.63, 3.8) is 0 Å². The van der Waals surface area contributed by atoms with Crippen LogP contribution in [0.3, 0.4) is 0 Å². The fourth-order valence-electron chi connectivity index (χ4n) is 1.49. The van der Waals surface area contributed by atoms with Crippen LogP contribution in [-0.4, -0.2) is 36.9 Å². The normalized spacial score (nSPS) is 13.6. The molecule has 0 aliphatic heterocycles. The highest BCUT2D eigenvalue weighted by Gasteiger charge is 2.25. The van der Waals surface area contributed by atoms with Crippen molar-refractivity contribution in [2.75, 3.05) is 0 Å². The van der Waals surface area contributed by atoms with Crippen LogP contribution in [0.15, 0.2) is 11.8 Å². The van der Waals surface area contributed by atoms with Gasteiger partial charge in [-0.3, -0.25) is 4.79 Å². The molecule has 22 heavy (non-hydrogen) atoms. The standard InChI is InChI=1S/C14H30O5Si3/c1-20(2,3)17-12(10-13(15)18-21(4,5)6)11-14(16)19-22(7,8)9/h10H,11H2,1-9H3/b12-10+. The van der Waals surface area contributed by atoms with E-state index in [0.717, 1.165) is 0 Å². The molecule has 0 aromatic carbocycles. The van der Waals surface area contributed by atoms with E-state index in [1.807, 2.05) is 58.9 Å². The van der Waals surface area contributed by atoms with Gasteiger partial charge in [0, 0.05) is 0 Å². The fraction of sp³-hybridized carbons (Fsp3) is 0.714. The van der Waals surface area contributed by atoms with E-state index in [2.05, 4.69) is 0 Å². The molecule has 0 unspecified atom stereocenters. The van der Waals surface area contributed by atoms with Crippen molar-refractivity contribution in [2.24, 2.45) is 0 Å². The van der Waals surface area contributed by atoms with E-state index >= 15 is 0 Å². The first-order valence-electron chi connectivity index (χ1n) is 7.42. The van der Waals surface area contributed by atoms with E-state index in [-0.39, 0.29) is 12.4 Å². The van der Waals surface area contributed by atoms with Gasteiger partial charge in [-0.2, -0.15) is 0 Å². The lowest BCUT2D eigenvalue weighted by molar-refractivity contribution is -0.134. The predicted octanol–water partition coefficient (Wildman–Crippen LogP) is 3.87. The van der Waals surface area contributed by atoms with Crippen molar-refractivity contribution in [3.8, 4) is 0 Å². The molecule has 0 aliphatic rings. The van der Waals surface area contributed by atoms with Crippen molar-refractivity contribution >= 4 is 36.9 Å². The maximum absolute atomic E-state index is 12.0. The van der Waals surface area contributed by atoms with Gasteiger partial charge in [0.15, 0.2) is 0 Å². The summed E-state index contributed by atoms with van der Waals surface area (Å²) in [6, 6.07) is 0. The summed E-state index contributed by atoms with van der Waals surface area (Å²) in [5, 5.41) is 0. The van der Waals surface area contributed by atoms with Crippen LogP contribution in [0.1, 0.15) is 6.42 Å². The fourth-order valence-corrected chi connectivity index (χ4v) is 3.83. The van der Waals surface area contributed by atoms with Crippen LogP contribution in [0, 0.1) is 0 Å². The van der Waals surface area contributed by atoms with Gasteiger partial charge >= 0.3 is 5.97 Å². The second-order valence-corrected chi connectivity index (χ2v) is 21.4. The highest BCUT2D eigenvalue weighted by molar-refractivity contribution is 6.72. The smallest absolute Gasteiger partial charge is 0.320 e. The Balaban J connectivity index is 5.06. The molecule has 0 aromatic rings. The lowest BCUT2D eigenvalue weighted by Gasteiger charge is -2.23. The molecule has 0 amide bonds. The summed E-state index contributed by atoms with van der Waals surface area (Å²) in [6.45, 7) is 17.6. The molecule has 0 fully saturated rings. The lowest BCUT2D eigenvalue weighted by Crippen LogP contribution is -2.32. The van der Waals surface area contributed by atoms with Crippen LogP contribution in [0.25, 0.3) is 0 Å². The molecule has 0 bridgehead atoms. The number of hydrogen-bond acceptors (Lipinski definition) is 5. The van der Waals surface area contributed by atoms with Gasteiger partial charge in [0.05, 0.1) is 11.8 Å². The number of carbonyl (C=O) groups is 2. The van der Waals surface area contributed by atoms with Crippen LogP contribution in [0.5, 0.6) is 0 Å². The zero-order chi connectivity index (χ0) is 17.8. The molecular formula is C14H30O5Si3. The first kappa shape index (κ1) is 21.1. The average molecular weight is 363 g/mol. The topological polar surface area (TPSA) is 61.8 Å². The summed E-state index contributed by atoms with van der Waals surface area (Å²) in [7, 11) is -5.86. The second kappa shape index (κ2) is 7.60. The maximum atomic E-state index is 12.0. The largest absolute Gasteiger partial charge is 0.547 e. The van der Waals surface area contributed by atoms with Gasteiger partial charge in [0.2, 0.25) is 25.0 Å². The molecule has 0 aromatic heterocycles. The molecule has 0 rings (SSSR count). The van der Waals surface area contributed by atoms with Crippen LogP contribution < -0.4 is 0 Å². The van der Waals surface area contributed by atoms with Gasteiger partial charge in [-0.15, -0.1) is 0 Å². The molecule has 0 saturated carbocycles. The SMILES string of the molecule is C[Si](C)(C)OC(=O)/C=C(\CC(=O)O[Si](C)(C)C)O[Si](C)(C)C. The molecule has 0 atom stereocenters. The van der Waals surface area contributed by atoms with Gasteiger partial charge in [-0.05, 0) is 58.9 Å². The molecule has 128 valence electrons. The summed E-state index contributed by atoms with van der Waals surface area (Å²) in [5.74, 6) is -0.469. The van der Waals surface area contributed by atoms with Gasteiger partial charge in [-0.1, -0.05) is 0 Å². The first-order valence-corrected chi connectivity index (χ1v) is 17.6. The third-order valence-corrected chi connectivity index (χ3v) is 4.39.